The fraction of sp³-hybridized carbons (Fsp3) is 0.333. The van der Waals surface area contributed by atoms with Crippen molar-refractivity contribution in [1.82, 2.24) is 19.8 Å². The highest BCUT2D eigenvalue weighted by atomic mass is 19.1. The van der Waals surface area contributed by atoms with E-state index in [4.69, 9.17) is 4.74 Å². The number of carbonyl (C=O) groups excluding carboxylic acids is 1. The van der Waals surface area contributed by atoms with Gasteiger partial charge in [0.2, 0.25) is 0 Å². The Morgan fingerprint density at radius 3 is 2.59 bits per heavy atom. The van der Waals surface area contributed by atoms with Crippen molar-refractivity contribution in [1.29, 1.82) is 0 Å². The Balaban J connectivity index is 1.40. The lowest BCUT2D eigenvalue weighted by Crippen LogP contribution is -2.33. The SMILES string of the molecule is CC(C)NC(=O)c1ccc(-c2ccc(CN3CCOc4nc([N+](=O)[O-])cn4CC3)cc2)cc1F. The summed E-state index contributed by atoms with van der Waals surface area (Å²) < 4.78 is 21.8. The molecule has 1 aliphatic rings. The smallest absolute Gasteiger partial charge is 0.414 e. The molecule has 34 heavy (non-hydrogen) atoms. The predicted molar refractivity (Wildman–Crippen MR) is 124 cm³/mol. The number of aromatic nitrogens is 2. The predicted octanol–water partition coefficient (Wildman–Crippen LogP) is 3.63. The molecule has 0 radical (unpaired) electrons. The molecule has 1 N–H and O–H groups in total. The summed E-state index contributed by atoms with van der Waals surface area (Å²) in [5.74, 6) is -1.20. The van der Waals surface area contributed by atoms with Crippen LogP contribution in [0.5, 0.6) is 6.01 Å². The Kier molecular flexibility index (Phi) is 6.87. The first-order valence-corrected chi connectivity index (χ1v) is 11.1. The lowest BCUT2D eigenvalue weighted by atomic mass is 10.0. The molecule has 0 spiro atoms. The van der Waals surface area contributed by atoms with Gasteiger partial charge in [-0.15, -0.1) is 0 Å². The minimum Gasteiger partial charge on any atom is -0.444 e. The number of amides is 1. The van der Waals surface area contributed by atoms with Gasteiger partial charge in [-0.1, -0.05) is 30.3 Å². The molecular formula is C24H26FN5O4. The fourth-order valence-electron chi connectivity index (χ4n) is 3.81. The Morgan fingerprint density at radius 2 is 1.91 bits per heavy atom. The van der Waals surface area contributed by atoms with Gasteiger partial charge in [0.15, 0.2) is 0 Å². The van der Waals surface area contributed by atoms with E-state index >= 15 is 0 Å². The van der Waals surface area contributed by atoms with E-state index in [1.165, 1.54) is 18.3 Å². The van der Waals surface area contributed by atoms with E-state index in [1.54, 1.807) is 10.6 Å². The summed E-state index contributed by atoms with van der Waals surface area (Å²) in [6.07, 6.45) is 1.39. The molecule has 3 aromatic rings. The van der Waals surface area contributed by atoms with E-state index in [-0.39, 0.29) is 23.4 Å². The normalized spacial score (nSPS) is 14.1. The van der Waals surface area contributed by atoms with Crippen molar-refractivity contribution in [2.24, 2.45) is 0 Å². The Bertz CT molecular complexity index is 1190. The number of halogens is 1. The third-order valence-electron chi connectivity index (χ3n) is 5.54. The van der Waals surface area contributed by atoms with E-state index in [9.17, 15) is 19.3 Å². The van der Waals surface area contributed by atoms with Crippen molar-refractivity contribution < 1.29 is 18.8 Å². The molecule has 10 heteroatoms. The van der Waals surface area contributed by atoms with E-state index in [1.807, 2.05) is 38.1 Å². The number of carbonyl (C=O) groups is 1. The number of hydrogen-bond donors (Lipinski definition) is 1. The van der Waals surface area contributed by atoms with Crippen LogP contribution in [0.1, 0.15) is 29.8 Å². The number of nitro groups is 1. The maximum Gasteiger partial charge on any atom is 0.414 e. The molecule has 1 aliphatic heterocycles. The number of nitrogens with one attached hydrogen (secondary N) is 1. The van der Waals surface area contributed by atoms with Gasteiger partial charge in [0.25, 0.3) is 5.91 Å². The van der Waals surface area contributed by atoms with Crippen LogP contribution in [0.4, 0.5) is 10.2 Å². The first-order valence-electron chi connectivity index (χ1n) is 11.1. The summed E-state index contributed by atoms with van der Waals surface area (Å²) in [5.41, 5.74) is 2.65. The van der Waals surface area contributed by atoms with Crippen LogP contribution in [0.15, 0.2) is 48.7 Å². The minimum atomic E-state index is -0.556. The van der Waals surface area contributed by atoms with E-state index in [2.05, 4.69) is 15.2 Å². The lowest BCUT2D eigenvalue weighted by Gasteiger charge is -2.24. The van der Waals surface area contributed by atoms with Gasteiger partial charge in [0.05, 0.1) is 5.56 Å². The van der Waals surface area contributed by atoms with Crippen LogP contribution in [0.25, 0.3) is 11.1 Å². The second kappa shape index (κ2) is 10.0. The van der Waals surface area contributed by atoms with Crippen molar-refractivity contribution in [2.45, 2.75) is 33.0 Å². The molecule has 9 nitrogen and oxygen atoms in total. The zero-order valence-corrected chi connectivity index (χ0v) is 19.0. The van der Waals surface area contributed by atoms with E-state index in [0.29, 0.717) is 38.3 Å². The number of rotatable bonds is 6. The summed E-state index contributed by atoms with van der Waals surface area (Å²) in [6, 6.07) is 12.7. The first kappa shape index (κ1) is 23.4. The van der Waals surface area contributed by atoms with Crippen LogP contribution in [-0.2, 0) is 13.1 Å². The summed E-state index contributed by atoms with van der Waals surface area (Å²) in [7, 11) is 0. The summed E-state index contributed by atoms with van der Waals surface area (Å²) in [4.78, 5) is 28.6. The molecular weight excluding hydrogens is 441 g/mol. The maximum absolute atomic E-state index is 14.5. The first-order chi connectivity index (χ1) is 16.3. The van der Waals surface area contributed by atoms with Crippen molar-refractivity contribution in [3.8, 4) is 17.1 Å². The summed E-state index contributed by atoms with van der Waals surface area (Å²) in [5, 5.41) is 13.7. The van der Waals surface area contributed by atoms with Crippen LogP contribution >= 0.6 is 0 Å². The standard InChI is InChI=1S/C24H26FN5O4/c1-16(2)26-23(31)20-8-7-19(13-21(20)25)18-5-3-17(4-6-18)14-28-9-10-29-15-22(30(32)33)27-24(29)34-12-11-28/h3-8,13,15-16H,9-12,14H2,1-2H3,(H,26,31). The van der Waals surface area contributed by atoms with Crippen LogP contribution in [0.2, 0.25) is 0 Å². The molecule has 0 unspecified atom stereocenters. The van der Waals surface area contributed by atoms with Gasteiger partial charge in [-0.3, -0.25) is 14.3 Å². The maximum atomic E-state index is 14.5. The van der Waals surface area contributed by atoms with E-state index < -0.39 is 16.6 Å². The average molecular weight is 468 g/mol. The second-order valence-electron chi connectivity index (χ2n) is 8.48. The second-order valence-corrected chi connectivity index (χ2v) is 8.48. The number of nitrogens with zero attached hydrogens (tertiary/aromatic N) is 4. The third-order valence-corrected chi connectivity index (χ3v) is 5.54. The lowest BCUT2D eigenvalue weighted by molar-refractivity contribution is -0.389. The molecule has 0 aliphatic carbocycles. The number of ether oxygens (including phenoxy) is 1. The molecule has 2 heterocycles. The molecule has 1 aromatic heterocycles. The fourth-order valence-corrected chi connectivity index (χ4v) is 3.81. The number of hydrogen-bond acceptors (Lipinski definition) is 6. The molecule has 0 fully saturated rings. The molecule has 0 atom stereocenters. The van der Waals surface area contributed by atoms with Gasteiger partial charge in [-0.25, -0.2) is 4.39 Å². The highest BCUT2D eigenvalue weighted by Gasteiger charge is 2.23. The van der Waals surface area contributed by atoms with Gasteiger partial charge in [-0.05, 0) is 47.6 Å². The minimum absolute atomic E-state index is 0.0275. The van der Waals surface area contributed by atoms with Crippen LogP contribution in [0, 0.1) is 15.9 Å². The van der Waals surface area contributed by atoms with Gasteiger partial charge >= 0.3 is 11.8 Å². The van der Waals surface area contributed by atoms with Crippen molar-refractivity contribution in [3.05, 3.63) is 75.7 Å². The third kappa shape index (κ3) is 5.40. The topological polar surface area (TPSA) is 103 Å². The highest BCUT2D eigenvalue weighted by molar-refractivity contribution is 5.95. The Morgan fingerprint density at radius 1 is 1.18 bits per heavy atom. The largest absolute Gasteiger partial charge is 0.444 e. The van der Waals surface area contributed by atoms with Crippen LogP contribution < -0.4 is 10.1 Å². The molecule has 0 bridgehead atoms. The van der Waals surface area contributed by atoms with E-state index in [0.717, 1.165) is 11.1 Å². The molecule has 178 valence electrons. The van der Waals surface area contributed by atoms with Crippen LogP contribution in [-0.4, -0.2) is 51.0 Å². The monoisotopic (exact) mass is 467 g/mol. The zero-order chi connectivity index (χ0) is 24.2. The summed E-state index contributed by atoms with van der Waals surface area (Å²) in [6.45, 7) is 6.59. The molecule has 0 saturated carbocycles. The van der Waals surface area contributed by atoms with Gasteiger partial charge in [0.1, 0.15) is 18.6 Å². The Labute approximate surface area is 196 Å². The highest BCUT2D eigenvalue weighted by Crippen LogP contribution is 2.24. The Hall–Kier alpha value is -3.79. The quantitative estimate of drug-likeness (QED) is 0.439. The molecule has 4 rings (SSSR count). The number of fused-ring (bicyclic) bond motifs is 1. The van der Waals surface area contributed by atoms with Gasteiger partial charge in [-0.2, -0.15) is 0 Å². The van der Waals surface area contributed by atoms with Crippen molar-refractivity contribution >= 4 is 11.7 Å². The number of imidazole rings is 1. The number of benzene rings is 2. The van der Waals surface area contributed by atoms with Gasteiger partial charge in [0, 0.05) is 37.2 Å². The van der Waals surface area contributed by atoms with Gasteiger partial charge < -0.3 is 20.2 Å². The molecule has 2 aromatic carbocycles. The van der Waals surface area contributed by atoms with Crippen molar-refractivity contribution in [2.75, 3.05) is 19.7 Å². The van der Waals surface area contributed by atoms with Crippen molar-refractivity contribution in [3.63, 3.8) is 0 Å². The van der Waals surface area contributed by atoms with Crippen LogP contribution in [0.3, 0.4) is 0 Å². The molecule has 1 amide bonds. The zero-order valence-electron chi connectivity index (χ0n) is 19.0. The molecule has 0 saturated heterocycles. The summed E-state index contributed by atoms with van der Waals surface area (Å²) >= 11 is 0. The average Bonchev–Trinajstić information content (AvgIpc) is 3.18.